The van der Waals surface area contributed by atoms with Crippen LogP contribution in [0.15, 0.2) is 0 Å². The molecule has 2 N–H and O–H groups in total. The molecule has 0 saturated heterocycles. The van der Waals surface area contributed by atoms with E-state index in [0.717, 1.165) is 11.8 Å². The van der Waals surface area contributed by atoms with Crippen molar-refractivity contribution in [3.8, 4) is 0 Å². The molecular formula is C10H21N. The standard InChI is InChI=1S/C10H21N/c1-3-4-9-7-10(11)6-5-8(9)2/h8-10H,3-7,11H2,1-2H3. The third-order valence-corrected chi connectivity index (χ3v) is 3.06. The van der Waals surface area contributed by atoms with Crippen LogP contribution in [-0.2, 0) is 0 Å². The predicted octanol–water partition coefficient (Wildman–Crippen LogP) is 2.55. The fourth-order valence-electron chi connectivity index (χ4n) is 2.22. The number of nitrogens with two attached hydrogens (primary N) is 1. The molecule has 0 amide bonds. The molecule has 11 heavy (non-hydrogen) atoms. The van der Waals surface area contributed by atoms with Gasteiger partial charge in [-0.3, -0.25) is 0 Å². The van der Waals surface area contributed by atoms with Gasteiger partial charge in [0.05, 0.1) is 0 Å². The lowest BCUT2D eigenvalue weighted by Gasteiger charge is -2.32. The highest BCUT2D eigenvalue weighted by atomic mass is 14.6. The SMILES string of the molecule is CCCC1CC(N)CCC1C. The fraction of sp³-hybridized carbons (Fsp3) is 1.00. The molecular weight excluding hydrogens is 134 g/mol. The van der Waals surface area contributed by atoms with Crippen molar-refractivity contribution in [2.45, 2.75) is 52.0 Å². The van der Waals surface area contributed by atoms with Crippen LogP contribution in [0.1, 0.15) is 46.0 Å². The Labute approximate surface area is 70.4 Å². The molecule has 0 aromatic rings. The molecule has 1 aliphatic rings. The maximum absolute atomic E-state index is 5.92. The summed E-state index contributed by atoms with van der Waals surface area (Å²) in [5.74, 6) is 1.85. The van der Waals surface area contributed by atoms with Crippen molar-refractivity contribution in [1.82, 2.24) is 0 Å². The van der Waals surface area contributed by atoms with Gasteiger partial charge in [0.15, 0.2) is 0 Å². The van der Waals surface area contributed by atoms with Crippen molar-refractivity contribution in [3.05, 3.63) is 0 Å². The Hall–Kier alpha value is -0.0400. The van der Waals surface area contributed by atoms with Crippen molar-refractivity contribution in [2.75, 3.05) is 0 Å². The maximum atomic E-state index is 5.92. The zero-order valence-corrected chi connectivity index (χ0v) is 7.84. The van der Waals surface area contributed by atoms with E-state index in [1.807, 2.05) is 0 Å². The first-order valence-corrected chi connectivity index (χ1v) is 4.99. The molecule has 66 valence electrons. The van der Waals surface area contributed by atoms with Gasteiger partial charge in [0.25, 0.3) is 0 Å². The minimum atomic E-state index is 0.503. The summed E-state index contributed by atoms with van der Waals surface area (Å²) in [6.07, 6.45) is 6.58. The van der Waals surface area contributed by atoms with E-state index in [2.05, 4.69) is 13.8 Å². The average molecular weight is 155 g/mol. The van der Waals surface area contributed by atoms with Gasteiger partial charge in [0.2, 0.25) is 0 Å². The first-order valence-electron chi connectivity index (χ1n) is 4.99. The Balaban J connectivity index is 2.34. The van der Waals surface area contributed by atoms with Gasteiger partial charge < -0.3 is 5.73 Å². The summed E-state index contributed by atoms with van der Waals surface area (Å²) < 4.78 is 0. The van der Waals surface area contributed by atoms with Gasteiger partial charge in [0.1, 0.15) is 0 Å². The largest absolute Gasteiger partial charge is 0.328 e. The van der Waals surface area contributed by atoms with Gasteiger partial charge in [-0.2, -0.15) is 0 Å². The molecule has 0 aromatic carbocycles. The highest BCUT2D eigenvalue weighted by Crippen LogP contribution is 2.31. The number of hydrogen-bond donors (Lipinski definition) is 1. The van der Waals surface area contributed by atoms with Crippen molar-refractivity contribution < 1.29 is 0 Å². The Bertz CT molecular complexity index is 111. The number of hydrogen-bond acceptors (Lipinski definition) is 1. The molecule has 0 radical (unpaired) electrons. The zero-order valence-electron chi connectivity index (χ0n) is 7.84. The molecule has 1 nitrogen and oxygen atoms in total. The summed E-state index contributed by atoms with van der Waals surface area (Å²) >= 11 is 0. The zero-order chi connectivity index (χ0) is 8.27. The predicted molar refractivity (Wildman–Crippen MR) is 49.4 cm³/mol. The summed E-state index contributed by atoms with van der Waals surface area (Å²) in [6.45, 7) is 4.65. The second kappa shape index (κ2) is 4.10. The first kappa shape index (κ1) is 9.05. The van der Waals surface area contributed by atoms with Crippen LogP contribution in [0.5, 0.6) is 0 Å². The van der Waals surface area contributed by atoms with Crippen LogP contribution in [-0.4, -0.2) is 6.04 Å². The Morgan fingerprint density at radius 2 is 2.09 bits per heavy atom. The van der Waals surface area contributed by atoms with Crippen LogP contribution in [0.2, 0.25) is 0 Å². The van der Waals surface area contributed by atoms with E-state index < -0.39 is 0 Å². The molecule has 1 heteroatoms. The van der Waals surface area contributed by atoms with E-state index >= 15 is 0 Å². The molecule has 3 atom stereocenters. The van der Waals surface area contributed by atoms with Crippen molar-refractivity contribution >= 4 is 0 Å². The third-order valence-electron chi connectivity index (χ3n) is 3.06. The van der Waals surface area contributed by atoms with Crippen molar-refractivity contribution in [1.29, 1.82) is 0 Å². The van der Waals surface area contributed by atoms with Gasteiger partial charge in [-0.25, -0.2) is 0 Å². The van der Waals surface area contributed by atoms with Crippen molar-refractivity contribution in [2.24, 2.45) is 17.6 Å². The Morgan fingerprint density at radius 3 is 2.73 bits per heavy atom. The quantitative estimate of drug-likeness (QED) is 0.651. The molecule has 1 aliphatic carbocycles. The van der Waals surface area contributed by atoms with Gasteiger partial charge in [-0.1, -0.05) is 26.7 Å². The molecule has 1 rings (SSSR count). The fourth-order valence-corrected chi connectivity index (χ4v) is 2.22. The lowest BCUT2D eigenvalue weighted by Crippen LogP contribution is -2.32. The second-order valence-electron chi connectivity index (χ2n) is 4.10. The van der Waals surface area contributed by atoms with Gasteiger partial charge >= 0.3 is 0 Å². The molecule has 3 unspecified atom stereocenters. The normalized spacial score (nSPS) is 39.0. The molecule has 0 bridgehead atoms. The monoisotopic (exact) mass is 155 g/mol. The summed E-state index contributed by atoms with van der Waals surface area (Å²) in [5, 5.41) is 0. The van der Waals surface area contributed by atoms with Gasteiger partial charge in [-0.15, -0.1) is 0 Å². The highest BCUT2D eigenvalue weighted by molar-refractivity contribution is 4.79. The second-order valence-corrected chi connectivity index (χ2v) is 4.10. The highest BCUT2D eigenvalue weighted by Gasteiger charge is 2.24. The molecule has 1 saturated carbocycles. The number of rotatable bonds is 2. The Kier molecular flexibility index (Phi) is 3.38. The van der Waals surface area contributed by atoms with Crippen LogP contribution >= 0.6 is 0 Å². The van der Waals surface area contributed by atoms with Gasteiger partial charge in [-0.05, 0) is 31.1 Å². The van der Waals surface area contributed by atoms with Crippen LogP contribution in [0, 0.1) is 11.8 Å². The van der Waals surface area contributed by atoms with E-state index in [-0.39, 0.29) is 0 Å². The summed E-state index contributed by atoms with van der Waals surface area (Å²) in [7, 11) is 0. The molecule has 0 spiro atoms. The minimum Gasteiger partial charge on any atom is -0.328 e. The molecule has 0 aromatic heterocycles. The summed E-state index contributed by atoms with van der Waals surface area (Å²) in [5.41, 5.74) is 5.92. The topological polar surface area (TPSA) is 26.0 Å². The summed E-state index contributed by atoms with van der Waals surface area (Å²) in [6, 6.07) is 0.503. The van der Waals surface area contributed by atoms with Crippen molar-refractivity contribution in [3.63, 3.8) is 0 Å². The lowest BCUT2D eigenvalue weighted by molar-refractivity contribution is 0.219. The summed E-state index contributed by atoms with van der Waals surface area (Å²) in [4.78, 5) is 0. The van der Waals surface area contributed by atoms with E-state index in [9.17, 15) is 0 Å². The van der Waals surface area contributed by atoms with Crippen LogP contribution in [0.3, 0.4) is 0 Å². The smallest absolute Gasteiger partial charge is 0.00416 e. The Morgan fingerprint density at radius 1 is 1.36 bits per heavy atom. The van der Waals surface area contributed by atoms with E-state index in [4.69, 9.17) is 5.73 Å². The average Bonchev–Trinajstić information content (AvgIpc) is 1.98. The minimum absolute atomic E-state index is 0.503. The maximum Gasteiger partial charge on any atom is 0.00416 e. The first-order chi connectivity index (χ1) is 5.24. The molecule has 1 fully saturated rings. The molecule has 0 aliphatic heterocycles. The third kappa shape index (κ3) is 2.48. The van der Waals surface area contributed by atoms with Crippen LogP contribution in [0.4, 0.5) is 0 Å². The van der Waals surface area contributed by atoms with Crippen LogP contribution in [0.25, 0.3) is 0 Å². The van der Waals surface area contributed by atoms with E-state index in [0.29, 0.717) is 6.04 Å². The van der Waals surface area contributed by atoms with E-state index in [1.165, 1.54) is 32.1 Å². The van der Waals surface area contributed by atoms with Crippen LogP contribution < -0.4 is 5.73 Å². The van der Waals surface area contributed by atoms with Gasteiger partial charge in [0, 0.05) is 6.04 Å². The molecule has 0 heterocycles. The van der Waals surface area contributed by atoms with E-state index in [1.54, 1.807) is 0 Å². The lowest BCUT2D eigenvalue weighted by atomic mass is 9.76.